The number of nitrogens with two attached hydrogens (primary N) is 1. The molecule has 1 amide bonds. The van der Waals surface area contributed by atoms with Crippen LogP contribution in [-0.2, 0) is 11.2 Å². The van der Waals surface area contributed by atoms with E-state index < -0.39 is 18.1 Å². The number of pyridine rings is 1. The topological polar surface area (TPSA) is 148 Å². The molecule has 4 rings (SSSR count). The van der Waals surface area contributed by atoms with Crippen LogP contribution in [0.25, 0.3) is 22.8 Å². The van der Waals surface area contributed by atoms with E-state index in [1.54, 1.807) is 0 Å². The Morgan fingerprint density at radius 1 is 1.14 bits per heavy atom. The summed E-state index contributed by atoms with van der Waals surface area (Å²) < 4.78 is 11.5. The zero-order chi connectivity index (χ0) is 25.8. The van der Waals surface area contributed by atoms with Crippen LogP contribution in [0, 0.1) is 13.8 Å². The zero-order valence-electron chi connectivity index (χ0n) is 20.9. The van der Waals surface area contributed by atoms with E-state index >= 15 is 0 Å². The van der Waals surface area contributed by atoms with Crippen LogP contribution in [0.5, 0.6) is 5.75 Å². The summed E-state index contributed by atoms with van der Waals surface area (Å²) >= 11 is 0. The molecule has 0 bridgehead atoms. The highest BCUT2D eigenvalue weighted by molar-refractivity contribution is 5.78. The summed E-state index contributed by atoms with van der Waals surface area (Å²) in [6, 6.07) is 7.78. The van der Waals surface area contributed by atoms with E-state index in [1.165, 1.54) is 12.8 Å². The molecule has 4 N–H and O–H groups in total. The highest BCUT2D eigenvalue weighted by Crippen LogP contribution is 2.32. The molecule has 1 fully saturated rings. The van der Waals surface area contributed by atoms with Gasteiger partial charge < -0.3 is 30.1 Å². The van der Waals surface area contributed by atoms with Crippen molar-refractivity contribution in [3.63, 3.8) is 0 Å². The minimum atomic E-state index is -1.42. The van der Waals surface area contributed by atoms with Gasteiger partial charge in [0.05, 0.1) is 6.10 Å². The fourth-order valence-corrected chi connectivity index (χ4v) is 4.41. The van der Waals surface area contributed by atoms with Crippen LogP contribution in [0.2, 0.25) is 0 Å². The predicted octanol–water partition coefficient (Wildman–Crippen LogP) is 2.55. The number of aliphatic hydroxyl groups excluding tert-OH is 2. The smallest absolute Gasteiger partial charge is 0.258 e. The van der Waals surface area contributed by atoms with Gasteiger partial charge in [-0.05, 0) is 68.5 Å². The summed E-state index contributed by atoms with van der Waals surface area (Å²) in [5, 5.41) is 23.9. The van der Waals surface area contributed by atoms with Gasteiger partial charge in [-0.1, -0.05) is 12.1 Å². The molecule has 0 aliphatic carbocycles. The molecular formula is C26H33N5O5. The third-order valence-electron chi connectivity index (χ3n) is 6.28. The number of amides is 1. The second-order valence-corrected chi connectivity index (χ2v) is 9.23. The molecule has 0 spiro atoms. The standard InChI is InChI=1S/C26H33N5O5/c1-4-17-11-18(9-15(2)23(17)35-14-20(32)13-21(33)24(27)34)25-29-26(36-30-25)19-10-16(3)28-22(12-19)31-7-5-6-8-31/h9-12,20-21,32-33H,4-8,13-14H2,1-3H3,(H2,27,34)/t20-,21?/m1/s1. The van der Waals surface area contributed by atoms with Crippen molar-refractivity contribution < 1.29 is 24.3 Å². The van der Waals surface area contributed by atoms with Crippen molar-refractivity contribution in [1.82, 2.24) is 15.1 Å². The number of carbonyl (C=O) groups excluding carboxylic acids is 1. The van der Waals surface area contributed by atoms with Crippen molar-refractivity contribution >= 4 is 11.7 Å². The first-order valence-electron chi connectivity index (χ1n) is 12.2. The Bertz CT molecular complexity index is 1220. The van der Waals surface area contributed by atoms with Crippen molar-refractivity contribution in [3.05, 3.63) is 41.1 Å². The molecule has 10 nitrogen and oxygen atoms in total. The summed E-state index contributed by atoms with van der Waals surface area (Å²) in [5.41, 5.74) is 9.33. The quantitative estimate of drug-likeness (QED) is 0.386. The Morgan fingerprint density at radius 2 is 1.89 bits per heavy atom. The first-order valence-corrected chi connectivity index (χ1v) is 12.2. The lowest BCUT2D eigenvalue weighted by atomic mass is 10.0. The molecule has 2 atom stereocenters. The van der Waals surface area contributed by atoms with Gasteiger partial charge in [-0.25, -0.2) is 4.98 Å². The molecule has 1 aromatic carbocycles. The van der Waals surface area contributed by atoms with E-state index in [-0.39, 0.29) is 13.0 Å². The molecule has 36 heavy (non-hydrogen) atoms. The van der Waals surface area contributed by atoms with Gasteiger partial charge in [-0.3, -0.25) is 4.79 Å². The highest BCUT2D eigenvalue weighted by Gasteiger charge is 2.20. The summed E-state index contributed by atoms with van der Waals surface area (Å²) in [7, 11) is 0. The number of aliphatic hydroxyl groups is 2. The number of carbonyl (C=O) groups is 1. The van der Waals surface area contributed by atoms with E-state index in [9.17, 15) is 15.0 Å². The number of hydrogen-bond acceptors (Lipinski definition) is 9. The summed E-state index contributed by atoms with van der Waals surface area (Å²) in [4.78, 5) is 22.6. The van der Waals surface area contributed by atoms with Crippen molar-refractivity contribution in [2.24, 2.45) is 5.73 Å². The van der Waals surface area contributed by atoms with Crippen molar-refractivity contribution in [2.75, 3.05) is 24.6 Å². The van der Waals surface area contributed by atoms with E-state index in [2.05, 4.69) is 20.0 Å². The fourth-order valence-electron chi connectivity index (χ4n) is 4.41. The van der Waals surface area contributed by atoms with Crippen LogP contribution < -0.4 is 15.4 Å². The van der Waals surface area contributed by atoms with Gasteiger partial charge in [0, 0.05) is 36.3 Å². The maximum absolute atomic E-state index is 11.0. The highest BCUT2D eigenvalue weighted by atomic mass is 16.5. The Kier molecular flexibility index (Phi) is 7.85. The summed E-state index contributed by atoms with van der Waals surface area (Å²) in [6.45, 7) is 7.78. The second kappa shape index (κ2) is 11.0. The maximum Gasteiger partial charge on any atom is 0.258 e. The van der Waals surface area contributed by atoms with Gasteiger partial charge in [-0.15, -0.1) is 0 Å². The lowest BCUT2D eigenvalue weighted by Gasteiger charge is -2.18. The minimum Gasteiger partial charge on any atom is -0.490 e. The Morgan fingerprint density at radius 3 is 2.58 bits per heavy atom. The molecule has 0 radical (unpaired) electrons. The summed E-state index contributed by atoms with van der Waals surface area (Å²) in [6.07, 6.45) is 0.377. The molecule has 3 aromatic rings. The SMILES string of the molecule is CCc1cc(-c2noc(-c3cc(C)nc(N4CCCC4)c3)n2)cc(C)c1OC[C@H](O)CC(O)C(N)=O. The number of aromatic nitrogens is 3. The molecule has 0 saturated carbocycles. The first-order chi connectivity index (χ1) is 17.2. The third-order valence-corrected chi connectivity index (χ3v) is 6.28. The first kappa shape index (κ1) is 25.6. The van der Waals surface area contributed by atoms with Crippen LogP contribution in [0.15, 0.2) is 28.8 Å². The molecule has 2 aromatic heterocycles. The normalized spacial score (nSPS) is 15.2. The lowest BCUT2D eigenvalue weighted by Crippen LogP contribution is -2.33. The van der Waals surface area contributed by atoms with Crippen LogP contribution in [0.4, 0.5) is 5.82 Å². The number of rotatable bonds is 10. The van der Waals surface area contributed by atoms with Crippen LogP contribution >= 0.6 is 0 Å². The van der Waals surface area contributed by atoms with Crippen LogP contribution in [-0.4, -0.2) is 63.1 Å². The number of aryl methyl sites for hydroxylation is 3. The van der Waals surface area contributed by atoms with Gasteiger partial charge >= 0.3 is 0 Å². The van der Waals surface area contributed by atoms with E-state index in [0.717, 1.165) is 46.9 Å². The molecule has 192 valence electrons. The number of ether oxygens (including phenoxy) is 1. The molecule has 1 aliphatic rings. The molecular weight excluding hydrogens is 462 g/mol. The second-order valence-electron chi connectivity index (χ2n) is 9.23. The summed E-state index contributed by atoms with van der Waals surface area (Å²) in [5.74, 6) is 1.59. The zero-order valence-corrected chi connectivity index (χ0v) is 20.9. The predicted molar refractivity (Wildman–Crippen MR) is 135 cm³/mol. The number of hydrogen-bond donors (Lipinski definition) is 3. The Balaban J connectivity index is 1.53. The molecule has 10 heteroatoms. The van der Waals surface area contributed by atoms with E-state index in [0.29, 0.717) is 23.9 Å². The Hall–Kier alpha value is -3.50. The minimum absolute atomic E-state index is 0.0787. The number of primary amides is 1. The number of nitrogens with zero attached hydrogens (tertiary/aromatic N) is 4. The van der Waals surface area contributed by atoms with Crippen molar-refractivity contribution in [2.45, 2.75) is 58.7 Å². The fraction of sp³-hybridized carbons (Fsp3) is 0.462. The van der Waals surface area contributed by atoms with Crippen molar-refractivity contribution in [1.29, 1.82) is 0 Å². The average molecular weight is 496 g/mol. The Labute approximate surface area is 210 Å². The van der Waals surface area contributed by atoms with Gasteiger partial charge in [0.2, 0.25) is 11.7 Å². The molecule has 1 saturated heterocycles. The monoisotopic (exact) mass is 495 g/mol. The number of anilines is 1. The molecule has 3 heterocycles. The maximum atomic E-state index is 11.0. The van der Waals surface area contributed by atoms with Crippen molar-refractivity contribution in [3.8, 4) is 28.6 Å². The largest absolute Gasteiger partial charge is 0.490 e. The lowest BCUT2D eigenvalue weighted by molar-refractivity contribution is -0.127. The van der Waals surface area contributed by atoms with Crippen LogP contribution in [0.3, 0.4) is 0 Å². The molecule has 1 aliphatic heterocycles. The van der Waals surface area contributed by atoms with Gasteiger partial charge in [0.15, 0.2) is 0 Å². The average Bonchev–Trinajstić information content (AvgIpc) is 3.55. The van der Waals surface area contributed by atoms with E-state index in [4.69, 9.17) is 15.0 Å². The number of benzene rings is 1. The van der Waals surface area contributed by atoms with Gasteiger partial charge in [-0.2, -0.15) is 4.98 Å². The third kappa shape index (κ3) is 5.83. The van der Waals surface area contributed by atoms with Gasteiger partial charge in [0.1, 0.15) is 24.3 Å². The van der Waals surface area contributed by atoms with E-state index in [1.807, 2.05) is 45.0 Å². The molecule has 1 unspecified atom stereocenters. The van der Waals surface area contributed by atoms with Gasteiger partial charge in [0.25, 0.3) is 5.89 Å². The van der Waals surface area contributed by atoms with Crippen LogP contribution in [0.1, 0.15) is 43.0 Å².